The summed E-state index contributed by atoms with van der Waals surface area (Å²) in [5.41, 5.74) is 4.13. The van der Waals surface area contributed by atoms with E-state index in [0.29, 0.717) is 0 Å². The third-order valence-corrected chi connectivity index (χ3v) is 6.07. The van der Waals surface area contributed by atoms with Crippen molar-refractivity contribution in [2.45, 2.75) is 20.3 Å². The van der Waals surface area contributed by atoms with Crippen molar-refractivity contribution in [2.75, 3.05) is 70.5 Å². The van der Waals surface area contributed by atoms with E-state index in [4.69, 9.17) is 17.0 Å². The van der Waals surface area contributed by atoms with Crippen molar-refractivity contribution in [1.29, 1.82) is 0 Å². The predicted molar refractivity (Wildman–Crippen MR) is 111 cm³/mol. The Labute approximate surface area is 163 Å². The van der Waals surface area contributed by atoms with Gasteiger partial charge in [-0.2, -0.15) is 0 Å². The predicted octanol–water partition coefficient (Wildman–Crippen LogP) is 0.605. The summed E-state index contributed by atoms with van der Waals surface area (Å²) in [6.07, 6.45) is 1.16. The Kier molecular flexibility index (Phi) is 7.11. The molecule has 0 spiro atoms. The van der Waals surface area contributed by atoms with Crippen LogP contribution in [0.3, 0.4) is 0 Å². The van der Waals surface area contributed by atoms with Crippen molar-refractivity contribution in [3.05, 3.63) is 29.3 Å². The molecule has 0 atom stereocenters. The summed E-state index contributed by atoms with van der Waals surface area (Å²) < 4.78 is 5.41. The maximum Gasteiger partial charge on any atom is 0.169 e. The zero-order valence-corrected chi connectivity index (χ0v) is 17.0. The first kappa shape index (κ1) is 19.4. The van der Waals surface area contributed by atoms with E-state index in [-0.39, 0.29) is 0 Å². The van der Waals surface area contributed by atoms with Gasteiger partial charge in [0, 0.05) is 44.8 Å². The quantitative estimate of drug-likeness (QED) is 0.580. The normalized spacial score (nSPS) is 18.8. The van der Waals surface area contributed by atoms with Crippen LogP contribution in [0.1, 0.15) is 17.5 Å². The van der Waals surface area contributed by atoms with Gasteiger partial charge in [0.1, 0.15) is 13.1 Å². The zero-order chi connectivity index (χ0) is 18.4. The average molecular weight is 378 g/mol. The van der Waals surface area contributed by atoms with Crippen molar-refractivity contribution in [3.63, 3.8) is 0 Å². The molecule has 0 amide bonds. The van der Waals surface area contributed by atoms with E-state index in [2.05, 4.69) is 47.2 Å². The van der Waals surface area contributed by atoms with E-state index < -0.39 is 0 Å². The molecule has 0 bridgehead atoms. The van der Waals surface area contributed by atoms with Gasteiger partial charge in [0.05, 0.1) is 19.8 Å². The average Bonchev–Trinajstić information content (AvgIpc) is 2.68. The fourth-order valence-electron chi connectivity index (χ4n) is 3.78. The summed E-state index contributed by atoms with van der Waals surface area (Å²) in [5, 5.41) is 4.38. The van der Waals surface area contributed by atoms with Crippen molar-refractivity contribution >= 4 is 23.0 Å². The molecule has 2 heterocycles. The zero-order valence-electron chi connectivity index (χ0n) is 16.2. The molecule has 0 aromatic heterocycles. The Morgan fingerprint density at radius 2 is 1.88 bits per heavy atom. The third kappa shape index (κ3) is 5.09. The Hall–Kier alpha value is -1.37. The number of morpholine rings is 1. The molecule has 1 aromatic rings. The molecule has 0 saturated carbocycles. The molecule has 2 fully saturated rings. The van der Waals surface area contributed by atoms with Crippen LogP contribution in [0.25, 0.3) is 0 Å². The molecule has 5 nitrogen and oxygen atoms in total. The second kappa shape index (κ2) is 9.53. The molecule has 0 radical (unpaired) electrons. The van der Waals surface area contributed by atoms with Crippen molar-refractivity contribution in [1.82, 2.24) is 10.2 Å². The van der Waals surface area contributed by atoms with Crippen LogP contribution in [-0.4, -0.2) is 75.6 Å². The Bertz CT molecular complexity index is 595. The van der Waals surface area contributed by atoms with Gasteiger partial charge in [0.25, 0.3) is 0 Å². The van der Waals surface area contributed by atoms with Crippen LogP contribution >= 0.6 is 12.2 Å². The lowest BCUT2D eigenvalue weighted by Gasteiger charge is -2.38. The van der Waals surface area contributed by atoms with Crippen LogP contribution in [0.15, 0.2) is 18.2 Å². The summed E-state index contributed by atoms with van der Waals surface area (Å²) in [6.45, 7) is 14.7. The smallest absolute Gasteiger partial charge is 0.169 e. The maximum absolute atomic E-state index is 5.62. The van der Waals surface area contributed by atoms with Crippen LogP contribution in [0.5, 0.6) is 0 Å². The van der Waals surface area contributed by atoms with Gasteiger partial charge in [-0.25, -0.2) is 0 Å². The van der Waals surface area contributed by atoms with Gasteiger partial charge in [0.2, 0.25) is 0 Å². The van der Waals surface area contributed by atoms with Gasteiger partial charge in [0.15, 0.2) is 5.11 Å². The highest BCUT2D eigenvalue weighted by molar-refractivity contribution is 7.80. The first-order valence-electron chi connectivity index (χ1n) is 9.90. The summed E-state index contributed by atoms with van der Waals surface area (Å²) in [7, 11) is 0. The van der Waals surface area contributed by atoms with Gasteiger partial charge in [-0.3, -0.25) is 0 Å². The number of anilines is 1. The first-order valence-corrected chi connectivity index (χ1v) is 10.3. The van der Waals surface area contributed by atoms with Crippen LogP contribution in [-0.2, 0) is 4.74 Å². The van der Waals surface area contributed by atoms with E-state index in [9.17, 15) is 0 Å². The van der Waals surface area contributed by atoms with Gasteiger partial charge in [-0.15, -0.1) is 0 Å². The minimum absolute atomic E-state index is 0.909. The largest absolute Gasteiger partial charge is 0.370 e. The molecule has 2 N–H and O–H groups in total. The van der Waals surface area contributed by atoms with Gasteiger partial charge in [-0.1, -0.05) is 12.1 Å². The number of hydrogen-bond acceptors (Lipinski definition) is 3. The number of thiocarbonyl (C=S) groups is 1. The molecule has 6 heteroatoms. The first-order chi connectivity index (χ1) is 12.6. The molecule has 1 aromatic carbocycles. The van der Waals surface area contributed by atoms with Crippen LogP contribution in [0, 0.1) is 13.8 Å². The summed E-state index contributed by atoms with van der Waals surface area (Å²) in [4.78, 5) is 6.47. The molecule has 0 aliphatic carbocycles. The number of ether oxygens (including phenoxy) is 1. The van der Waals surface area contributed by atoms with Crippen molar-refractivity contribution in [3.8, 4) is 0 Å². The van der Waals surface area contributed by atoms with E-state index in [1.165, 1.54) is 23.4 Å². The van der Waals surface area contributed by atoms with Crippen LogP contribution < -0.4 is 15.1 Å². The Morgan fingerprint density at radius 3 is 2.62 bits per heavy atom. The molecular weight excluding hydrogens is 344 g/mol. The minimum Gasteiger partial charge on any atom is -0.370 e. The van der Waals surface area contributed by atoms with E-state index in [0.717, 1.165) is 70.6 Å². The number of quaternary nitrogens is 1. The number of rotatable bonds is 5. The number of hydrogen-bond donors (Lipinski definition) is 2. The van der Waals surface area contributed by atoms with Crippen molar-refractivity contribution < 1.29 is 9.64 Å². The van der Waals surface area contributed by atoms with Crippen LogP contribution in [0.2, 0.25) is 0 Å². The number of aryl methyl sites for hydroxylation is 1. The second-order valence-corrected chi connectivity index (χ2v) is 7.78. The number of nitrogens with one attached hydrogen (secondary N) is 2. The van der Waals surface area contributed by atoms with Gasteiger partial charge in [-0.05, 0) is 43.3 Å². The highest BCUT2D eigenvalue weighted by Gasteiger charge is 2.20. The number of nitrogens with zero attached hydrogens (tertiary/aromatic N) is 2. The molecular formula is C20H33N4OS+. The van der Waals surface area contributed by atoms with E-state index >= 15 is 0 Å². The van der Waals surface area contributed by atoms with E-state index in [1.807, 2.05) is 0 Å². The molecule has 2 aliphatic heterocycles. The van der Waals surface area contributed by atoms with Gasteiger partial charge >= 0.3 is 0 Å². The molecule has 0 unspecified atom stereocenters. The Balaban J connectivity index is 1.37. The highest BCUT2D eigenvalue weighted by Crippen LogP contribution is 2.23. The van der Waals surface area contributed by atoms with Crippen molar-refractivity contribution in [2.24, 2.45) is 0 Å². The van der Waals surface area contributed by atoms with Gasteiger partial charge < -0.3 is 24.8 Å². The summed E-state index contributed by atoms with van der Waals surface area (Å²) in [6, 6.07) is 6.59. The minimum atomic E-state index is 0.909. The molecule has 144 valence electrons. The fraction of sp³-hybridized carbons (Fsp3) is 0.650. The number of benzene rings is 1. The van der Waals surface area contributed by atoms with Crippen LogP contribution in [0.4, 0.5) is 5.69 Å². The highest BCUT2D eigenvalue weighted by atomic mass is 32.1. The lowest BCUT2D eigenvalue weighted by atomic mass is 10.1. The monoisotopic (exact) mass is 377 g/mol. The lowest BCUT2D eigenvalue weighted by Crippen LogP contribution is -3.14. The topological polar surface area (TPSA) is 32.2 Å². The lowest BCUT2D eigenvalue weighted by molar-refractivity contribution is -0.908. The second-order valence-electron chi connectivity index (χ2n) is 7.39. The molecule has 3 rings (SSSR count). The maximum atomic E-state index is 5.62. The SMILES string of the molecule is Cc1cccc(N2CCN(C(=S)NCCC[NH+]3CCOCC3)CC2)c1C. The standard InChI is InChI=1S/C20H32N4OS/c1-17-5-3-6-19(18(17)2)23-9-11-24(12-10-23)20(26)21-7-4-8-22-13-15-25-16-14-22/h3,5-6H,4,7-16H2,1-2H3,(H,21,26)/p+1. The molecule has 26 heavy (non-hydrogen) atoms. The third-order valence-electron chi connectivity index (χ3n) is 5.67. The molecule has 2 saturated heterocycles. The molecule has 2 aliphatic rings. The Morgan fingerprint density at radius 1 is 1.15 bits per heavy atom. The summed E-state index contributed by atoms with van der Waals surface area (Å²) in [5.74, 6) is 0. The van der Waals surface area contributed by atoms with E-state index in [1.54, 1.807) is 4.90 Å². The summed E-state index contributed by atoms with van der Waals surface area (Å²) >= 11 is 5.62. The fourth-order valence-corrected chi connectivity index (χ4v) is 4.07. The number of piperazine rings is 1.